The van der Waals surface area contributed by atoms with Crippen molar-refractivity contribution < 1.29 is 0 Å². The Balaban J connectivity index is 1.55. The number of nitrogens with two attached hydrogens (primary N) is 1. The largest absolute Gasteiger partial charge is 0.383 e. The Morgan fingerprint density at radius 2 is 1.81 bits per heavy atom. The van der Waals surface area contributed by atoms with Crippen LogP contribution in [0.15, 0.2) is 18.2 Å². The number of nitrogens with one attached hydrogen (secondary N) is 2. The Bertz CT molecular complexity index is 432. The molecule has 0 aromatic heterocycles. The van der Waals surface area contributed by atoms with E-state index in [1.54, 1.807) is 6.07 Å². The predicted molar refractivity (Wildman–Crippen MR) is 92.4 cm³/mol. The molecule has 1 aliphatic rings. The van der Waals surface area contributed by atoms with Crippen LogP contribution in [0.3, 0.4) is 0 Å². The minimum absolute atomic E-state index is 0.445. The van der Waals surface area contributed by atoms with Crippen molar-refractivity contribution in [2.24, 2.45) is 11.7 Å². The van der Waals surface area contributed by atoms with Crippen LogP contribution < -0.4 is 16.4 Å². The summed E-state index contributed by atoms with van der Waals surface area (Å²) in [5, 5.41) is 7.96. The lowest BCUT2D eigenvalue weighted by Crippen LogP contribution is -2.29. The maximum Gasteiger partial charge on any atom is 0.0823 e. The van der Waals surface area contributed by atoms with E-state index in [0.717, 1.165) is 31.2 Å². The molecule has 1 fully saturated rings. The van der Waals surface area contributed by atoms with Crippen molar-refractivity contribution in [3.05, 3.63) is 28.2 Å². The highest BCUT2D eigenvalue weighted by Gasteiger charge is 2.17. The molecule has 4 N–H and O–H groups in total. The van der Waals surface area contributed by atoms with Crippen molar-refractivity contribution in [3.8, 4) is 0 Å². The van der Waals surface area contributed by atoms with Crippen molar-refractivity contribution in [1.29, 1.82) is 0 Å². The molecule has 1 aromatic rings. The zero-order chi connectivity index (χ0) is 15.1. The standard InChI is InChI=1S/C16H25Cl2N3/c17-14-2-1-3-15(16(14)18)21-11-10-20-9-8-12-4-6-13(19)7-5-12/h1-3,12-13,20-21H,4-11,19H2/t12-,13-. The molecule has 0 heterocycles. The Hall–Kier alpha value is -0.480. The van der Waals surface area contributed by atoms with Crippen molar-refractivity contribution in [2.75, 3.05) is 25.0 Å². The van der Waals surface area contributed by atoms with Gasteiger partial charge in [-0.15, -0.1) is 0 Å². The van der Waals surface area contributed by atoms with E-state index in [1.807, 2.05) is 12.1 Å². The third-order valence-corrected chi connectivity index (χ3v) is 5.01. The van der Waals surface area contributed by atoms with Gasteiger partial charge in [-0.1, -0.05) is 29.3 Å². The van der Waals surface area contributed by atoms with Crippen molar-refractivity contribution in [2.45, 2.75) is 38.1 Å². The maximum absolute atomic E-state index is 6.12. The van der Waals surface area contributed by atoms with E-state index in [-0.39, 0.29) is 0 Å². The Kier molecular flexibility index (Phi) is 7.11. The number of hydrogen-bond donors (Lipinski definition) is 3. The molecule has 21 heavy (non-hydrogen) atoms. The normalized spacial score (nSPS) is 22.2. The summed E-state index contributed by atoms with van der Waals surface area (Å²) in [5.74, 6) is 0.854. The lowest BCUT2D eigenvalue weighted by Gasteiger charge is -2.26. The second-order valence-electron chi connectivity index (χ2n) is 5.85. The van der Waals surface area contributed by atoms with Crippen LogP contribution in [0.5, 0.6) is 0 Å². The summed E-state index contributed by atoms with van der Waals surface area (Å²) in [6, 6.07) is 6.08. The van der Waals surface area contributed by atoms with E-state index in [9.17, 15) is 0 Å². The van der Waals surface area contributed by atoms with E-state index in [0.29, 0.717) is 16.1 Å². The monoisotopic (exact) mass is 329 g/mol. The van der Waals surface area contributed by atoms with Crippen LogP contribution in [0.2, 0.25) is 10.0 Å². The molecule has 3 nitrogen and oxygen atoms in total. The van der Waals surface area contributed by atoms with E-state index in [1.165, 1.54) is 32.1 Å². The minimum Gasteiger partial charge on any atom is -0.383 e. The van der Waals surface area contributed by atoms with Gasteiger partial charge in [-0.3, -0.25) is 0 Å². The fourth-order valence-electron chi connectivity index (χ4n) is 2.83. The van der Waals surface area contributed by atoms with Crippen molar-refractivity contribution in [3.63, 3.8) is 0 Å². The van der Waals surface area contributed by atoms with E-state index in [4.69, 9.17) is 28.9 Å². The summed E-state index contributed by atoms with van der Waals surface area (Å²) >= 11 is 12.1. The fourth-order valence-corrected chi connectivity index (χ4v) is 3.20. The first-order valence-electron chi connectivity index (χ1n) is 7.81. The second kappa shape index (κ2) is 8.84. The molecule has 0 saturated heterocycles. The smallest absolute Gasteiger partial charge is 0.0823 e. The summed E-state index contributed by atoms with van der Waals surface area (Å²) in [5.41, 5.74) is 6.82. The molecule has 1 saturated carbocycles. The molecule has 118 valence electrons. The second-order valence-corrected chi connectivity index (χ2v) is 6.63. The Morgan fingerprint density at radius 1 is 1.05 bits per heavy atom. The fraction of sp³-hybridized carbons (Fsp3) is 0.625. The van der Waals surface area contributed by atoms with Gasteiger partial charge in [0, 0.05) is 19.1 Å². The Labute approximate surface area is 137 Å². The van der Waals surface area contributed by atoms with Crippen molar-refractivity contribution >= 4 is 28.9 Å². The van der Waals surface area contributed by atoms with Gasteiger partial charge in [0.15, 0.2) is 0 Å². The first-order chi connectivity index (χ1) is 10.2. The third-order valence-electron chi connectivity index (χ3n) is 4.19. The lowest BCUT2D eigenvalue weighted by molar-refractivity contribution is 0.308. The molecule has 5 heteroatoms. The molecule has 2 rings (SSSR count). The van der Waals surface area contributed by atoms with Crippen LogP contribution in [0, 0.1) is 5.92 Å². The SMILES string of the molecule is N[C@H]1CC[C@H](CCNCCNc2cccc(Cl)c2Cl)CC1. The van der Waals surface area contributed by atoms with Crippen LogP contribution in [-0.4, -0.2) is 25.7 Å². The number of anilines is 1. The number of halogens is 2. The molecule has 0 unspecified atom stereocenters. The van der Waals surface area contributed by atoms with Crippen LogP contribution in [0.1, 0.15) is 32.1 Å². The zero-order valence-corrected chi connectivity index (χ0v) is 13.9. The summed E-state index contributed by atoms with van der Waals surface area (Å²) in [4.78, 5) is 0. The molecule has 1 aliphatic carbocycles. The molecule has 1 aromatic carbocycles. The molecule has 0 bridgehead atoms. The molecule has 0 aliphatic heterocycles. The molecule has 0 spiro atoms. The first-order valence-corrected chi connectivity index (χ1v) is 8.56. The topological polar surface area (TPSA) is 50.1 Å². The van der Waals surface area contributed by atoms with Gasteiger partial charge in [0.05, 0.1) is 15.7 Å². The third kappa shape index (κ3) is 5.67. The zero-order valence-electron chi connectivity index (χ0n) is 12.4. The summed E-state index contributed by atoms with van der Waals surface area (Å²) in [6.45, 7) is 2.84. The van der Waals surface area contributed by atoms with Gasteiger partial charge in [0.25, 0.3) is 0 Å². The highest BCUT2D eigenvalue weighted by Crippen LogP contribution is 2.29. The van der Waals surface area contributed by atoms with Gasteiger partial charge in [-0.05, 0) is 56.7 Å². The van der Waals surface area contributed by atoms with Crippen molar-refractivity contribution in [1.82, 2.24) is 5.32 Å². The molecule has 0 atom stereocenters. The average molecular weight is 330 g/mol. The van der Waals surface area contributed by atoms with Gasteiger partial charge < -0.3 is 16.4 Å². The van der Waals surface area contributed by atoms with Crippen LogP contribution in [-0.2, 0) is 0 Å². The van der Waals surface area contributed by atoms with Gasteiger partial charge in [-0.2, -0.15) is 0 Å². The van der Waals surface area contributed by atoms with Gasteiger partial charge in [-0.25, -0.2) is 0 Å². The summed E-state index contributed by atoms with van der Waals surface area (Å²) in [7, 11) is 0. The summed E-state index contributed by atoms with van der Waals surface area (Å²) in [6.07, 6.45) is 6.22. The summed E-state index contributed by atoms with van der Waals surface area (Å²) < 4.78 is 0. The van der Waals surface area contributed by atoms with Gasteiger partial charge in [0.1, 0.15) is 0 Å². The highest BCUT2D eigenvalue weighted by molar-refractivity contribution is 6.43. The van der Waals surface area contributed by atoms with Gasteiger partial charge in [0.2, 0.25) is 0 Å². The van der Waals surface area contributed by atoms with Gasteiger partial charge >= 0.3 is 0 Å². The number of benzene rings is 1. The Morgan fingerprint density at radius 3 is 2.57 bits per heavy atom. The number of rotatable bonds is 7. The maximum atomic E-state index is 6.12. The van der Waals surface area contributed by atoms with E-state index >= 15 is 0 Å². The lowest BCUT2D eigenvalue weighted by atomic mass is 9.84. The molecular formula is C16H25Cl2N3. The molecular weight excluding hydrogens is 305 g/mol. The minimum atomic E-state index is 0.445. The van der Waals surface area contributed by atoms with Crippen LogP contribution >= 0.6 is 23.2 Å². The molecule has 0 radical (unpaired) electrons. The molecule has 0 amide bonds. The van der Waals surface area contributed by atoms with Crippen LogP contribution in [0.4, 0.5) is 5.69 Å². The predicted octanol–water partition coefficient (Wildman–Crippen LogP) is 3.90. The average Bonchev–Trinajstić information content (AvgIpc) is 2.49. The van der Waals surface area contributed by atoms with E-state index < -0.39 is 0 Å². The number of hydrogen-bond acceptors (Lipinski definition) is 3. The quantitative estimate of drug-likeness (QED) is 0.665. The highest BCUT2D eigenvalue weighted by atomic mass is 35.5. The van der Waals surface area contributed by atoms with E-state index in [2.05, 4.69) is 10.6 Å². The first kappa shape index (κ1) is 16.9. The van der Waals surface area contributed by atoms with Crippen LogP contribution in [0.25, 0.3) is 0 Å².